The van der Waals surface area contributed by atoms with E-state index in [0.29, 0.717) is 22.5 Å². The number of thioether (sulfide) groups is 1. The molecule has 4 N–H and O–H groups in total. The van der Waals surface area contributed by atoms with Gasteiger partial charge in [-0.3, -0.25) is 0 Å². The molecule has 0 radical (unpaired) electrons. The fourth-order valence-electron chi connectivity index (χ4n) is 2.55. The van der Waals surface area contributed by atoms with Gasteiger partial charge in [-0.2, -0.15) is 15.0 Å². The number of para-hydroxylation sites is 1. The van der Waals surface area contributed by atoms with Gasteiger partial charge in [0.1, 0.15) is 5.82 Å². The van der Waals surface area contributed by atoms with Gasteiger partial charge in [0, 0.05) is 10.7 Å². The van der Waals surface area contributed by atoms with Crippen molar-refractivity contribution >= 4 is 52.0 Å². The SMILES string of the molecule is Cc1ccccc1Nc1nc(N)nc(CSc2nc3ccc(Cl)cc3[nH]2)n1. The fourth-order valence-corrected chi connectivity index (χ4v) is 3.46. The van der Waals surface area contributed by atoms with Gasteiger partial charge >= 0.3 is 0 Å². The molecule has 0 bridgehead atoms. The molecule has 7 nitrogen and oxygen atoms in total. The van der Waals surface area contributed by atoms with Crippen LogP contribution in [0.3, 0.4) is 0 Å². The number of nitrogen functional groups attached to an aromatic ring is 1. The van der Waals surface area contributed by atoms with Crippen LogP contribution in [0.15, 0.2) is 47.6 Å². The van der Waals surface area contributed by atoms with Crippen molar-refractivity contribution in [2.45, 2.75) is 17.8 Å². The van der Waals surface area contributed by atoms with E-state index in [2.05, 4.69) is 30.2 Å². The highest BCUT2D eigenvalue weighted by Crippen LogP contribution is 2.25. The molecule has 27 heavy (non-hydrogen) atoms. The van der Waals surface area contributed by atoms with Gasteiger partial charge in [-0.15, -0.1) is 0 Å². The van der Waals surface area contributed by atoms with E-state index in [1.807, 2.05) is 49.4 Å². The molecule has 2 heterocycles. The first-order chi connectivity index (χ1) is 13.1. The average Bonchev–Trinajstić information content (AvgIpc) is 3.03. The number of nitrogens with one attached hydrogen (secondary N) is 2. The summed E-state index contributed by atoms with van der Waals surface area (Å²) in [6.07, 6.45) is 0. The Morgan fingerprint density at radius 2 is 1.96 bits per heavy atom. The molecule has 0 aliphatic heterocycles. The van der Waals surface area contributed by atoms with Gasteiger partial charge in [-0.1, -0.05) is 41.6 Å². The standard InChI is InChI=1S/C18H16ClN7S/c1-10-4-2-3-5-12(10)21-17-25-15(24-16(20)26-17)9-27-18-22-13-7-6-11(19)8-14(13)23-18/h2-8H,9H2,1H3,(H,22,23)(H3,20,21,24,25,26). The minimum Gasteiger partial charge on any atom is -0.368 e. The number of aromatic amines is 1. The first kappa shape index (κ1) is 17.6. The van der Waals surface area contributed by atoms with Crippen molar-refractivity contribution in [1.29, 1.82) is 0 Å². The van der Waals surface area contributed by atoms with Gasteiger partial charge in [0.15, 0.2) is 5.16 Å². The summed E-state index contributed by atoms with van der Waals surface area (Å²) in [6.45, 7) is 2.01. The number of halogens is 1. The van der Waals surface area contributed by atoms with E-state index in [4.69, 9.17) is 17.3 Å². The number of benzene rings is 2. The summed E-state index contributed by atoms with van der Waals surface area (Å²) in [6, 6.07) is 13.4. The molecule has 2 aromatic carbocycles. The van der Waals surface area contributed by atoms with E-state index in [1.54, 1.807) is 0 Å². The number of nitrogens with zero attached hydrogens (tertiary/aromatic N) is 4. The normalized spacial score (nSPS) is 11.0. The smallest absolute Gasteiger partial charge is 0.232 e. The third-order valence-electron chi connectivity index (χ3n) is 3.85. The lowest BCUT2D eigenvalue weighted by Gasteiger charge is -2.09. The lowest BCUT2D eigenvalue weighted by atomic mass is 10.2. The van der Waals surface area contributed by atoms with Crippen LogP contribution in [-0.2, 0) is 5.75 Å². The number of hydrogen-bond donors (Lipinski definition) is 3. The van der Waals surface area contributed by atoms with Crippen molar-refractivity contribution < 1.29 is 0 Å². The number of aromatic nitrogens is 5. The Morgan fingerprint density at radius 3 is 2.81 bits per heavy atom. The second kappa shape index (κ2) is 7.42. The Morgan fingerprint density at radius 1 is 1.11 bits per heavy atom. The van der Waals surface area contributed by atoms with Crippen molar-refractivity contribution in [3.63, 3.8) is 0 Å². The Bertz CT molecular complexity index is 1110. The predicted molar refractivity (Wildman–Crippen MR) is 109 cm³/mol. The molecule has 0 amide bonds. The maximum absolute atomic E-state index is 6.01. The van der Waals surface area contributed by atoms with Gasteiger partial charge in [-0.25, -0.2) is 4.98 Å². The van der Waals surface area contributed by atoms with Crippen LogP contribution in [0.25, 0.3) is 11.0 Å². The molecule has 4 rings (SSSR count). The summed E-state index contributed by atoms with van der Waals surface area (Å²) in [7, 11) is 0. The maximum atomic E-state index is 6.01. The van der Waals surface area contributed by atoms with Crippen molar-refractivity contribution in [3.05, 3.63) is 58.9 Å². The summed E-state index contributed by atoms with van der Waals surface area (Å²) < 4.78 is 0. The molecule has 0 atom stereocenters. The number of rotatable bonds is 5. The average molecular weight is 398 g/mol. The van der Waals surface area contributed by atoms with Gasteiger partial charge in [0.2, 0.25) is 11.9 Å². The second-order valence-corrected chi connectivity index (χ2v) is 7.27. The molecule has 9 heteroatoms. The molecule has 0 fully saturated rings. The van der Waals surface area contributed by atoms with Crippen LogP contribution >= 0.6 is 23.4 Å². The Balaban J connectivity index is 1.51. The van der Waals surface area contributed by atoms with Crippen molar-refractivity contribution in [3.8, 4) is 0 Å². The van der Waals surface area contributed by atoms with E-state index in [0.717, 1.165) is 27.4 Å². The number of fused-ring (bicyclic) bond motifs is 1. The predicted octanol–water partition coefficient (Wildman–Crippen LogP) is 4.33. The first-order valence-corrected chi connectivity index (χ1v) is 9.54. The van der Waals surface area contributed by atoms with Crippen LogP contribution < -0.4 is 11.1 Å². The summed E-state index contributed by atoms with van der Waals surface area (Å²) in [5.74, 6) is 1.67. The zero-order valence-electron chi connectivity index (χ0n) is 14.4. The lowest BCUT2D eigenvalue weighted by molar-refractivity contribution is 0.976. The van der Waals surface area contributed by atoms with Crippen molar-refractivity contribution in [2.24, 2.45) is 0 Å². The van der Waals surface area contributed by atoms with Crippen LogP contribution in [0, 0.1) is 6.92 Å². The van der Waals surface area contributed by atoms with Crippen LogP contribution in [0.1, 0.15) is 11.4 Å². The van der Waals surface area contributed by atoms with E-state index in [-0.39, 0.29) is 5.95 Å². The van der Waals surface area contributed by atoms with Gasteiger partial charge in [0.05, 0.1) is 16.8 Å². The first-order valence-electron chi connectivity index (χ1n) is 8.18. The highest BCUT2D eigenvalue weighted by molar-refractivity contribution is 7.98. The molecule has 0 saturated carbocycles. The second-order valence-electron chi connectivity index (χ2n) is 5.87. The lowest BCUT2D eigenvalue weighted by Crippen LogP contribution is -2.07. The zero-order chi connectivity index (χ0) is 18.8. The largest absolute Gasteiger partial charge is 0.368 e. The third-order valence-corrected chi connectivity index (χ3v) is 4.96. The van der Waals surface area contributed by atoms with Crippen LogP contribution in [0.5, 0.6) is 0 Å². The summed E-state index contributed by atoms with van der Waals surface area (Å²) in [5.41, 5.74) is 9.62. The Labute approximate surface area is 164 Å². The van der Waals surface area contributed by atoms with Crippen molar-refractivity contribution in [2.75, 3.05) is 11.1 Å². The van der Waals surface area contributed by atoms with Crippen LogP contribution in [0.4, 0.5) is 17.6 Å². The molecule has 4 aromatic rings. The molecule has 2 aromatic heterocycles. The van der Waals surface area contributed by atoms with Gasteiger partial charge < -0.3 is 16.0 Å². The molecule has 0 aliphatic carbocycles. The number of aryl methyl sites for hydroxylation is 1. The number of H-pyrrole nitrogens is 1. The highest BCUT2D eigenvalue weighted by atomic mass is 35.5. The number of hydrogen-bond acceptors (Lipinski definition) is 7. The summed E-state index contributed by atoms with van der Waals surface area (Å²) in [4.78, 5) is 20.6. The topological polar surface area (TPSA) is 105 Å². The van der Waals surface area contributed by atoms with E-state index in [9.17, 15) is 0 Å². The molecule has 0 saturated heterocycles. The molecule has 0 aliphatic rings. The molecular formula is C18H16ClN7S. The number of imidazole rings is 1. The fraction of sp³-hybridized carbons (Fsp3) is 0.111. The number of nitrogens with two attached hydrogens (primary N) is 1. The highest BCUT2D eigenvalue weighted by Gasteiger charge is 2.09. The Kier molecular flexibility index (Phi) is 4.83. The summed E-state index contributed by atoms with van der Waals surface area (Å²) in [5, 5.41) is 4.62. The zero-order valence-corrected chi connectivity index (χ0v) is 16.0. The Hall–Kier alpha value is -2.84. The quantitative estimate of drug-likeness (QED) is 0.430. The van der Waals surface area contributed by atoms with E-state index in [1.165, 1.54) is 11.8 Å². The molecule has 136 valence electrons. The van der Waals surface area contributed by atoms with E-state index < -0.39 is 0 Å². The minimum atomic E-state index is 0.174. The molecule has 0 spiro atoms. The third kappa shape index (κ3) is 4.12. The van der Waals surface area contributed by atoms with E-state index >= 15 is 0 Å². The summed E-state index contributed by atoms with van der Waals surface area (Å²) >= 11 is 7.50. The monoisotopic (exact) mass is 397 g/mol. The maximum Gasteiger partial charge on any atom is 0.232 e. The van der Waals surface area contributed by atoms with Gasteiger partial charge in [0.25, 0.3) is 0 Å². The van der Waals surface area contributed by atoms with Gasteiger partial charge in [-0.05, 0) is 36.8 Å². The minimum absolute atomic E-state index is 0.174. The molecule has 0 unspecified atom stereocenters. The van der Waals surface area contributed by atoms with Crippen LogP contribution in [-0.4, -0.2) is 24.9 Å². The molecular weight excluding hydrogens is 382 g/mol. The number of anilines is 3. The van der Waals surface area contributed by atoms with Crippen LogP contribution in [0.2, 0.25) is 5.02 Å². The van der Waals surface area contributed by atoms with Crippen molar-refractivity contribution in [1.82, 2.24) is 24.9 Å².